The van der Waals surface area contributed by atoms with E-state index in [1.165, 1.54) is 52.7 Å². The Balaban J connectivity index is 0.000000277. The number of benzene rings is 4. The number of fused-ring (bicyclic) bond motifs is 2. The summed E-state index contributed by atoms with van der Waals surface area (Å²) in [7, 11) is 1.00. The molecule has 0 radical (unpaired) electrons. The van der Waals surface area contributed by atoms with Crippen LogP contribution in [0.1, 0.15) is 71.2 Å². The van der Waals surface area contributed by atoms with Gasteiger partial charge in [-0.2, -0.15) is 0 Å². The van der Waals surface area contributed by atoms with E-state index < -0.39 is 20.4 Å². The summed E-state index contributed by atoms with van der Waals surface area (Å²) in [6.45, 7) is 3.75. The Morgan fingerprint density at radius 3 is 1.41 bits per heavy atom. The van der Waals surface area contributed by atoms with Gasteiger partial charge in [-0.25, -0.2) is 17.9 Å². The van der Waals surface area contributed by atoms with E-state index in [1.54, 1.807) is 67.3 Å². The van der Waals surface area contributed by atoms with Crippen molar-refractivity contribution in [2.75, 3.05) is 35.2 Å². The first kappa shape index (κ1) is 59.4. The number of methoxy groups -OCH3 is 4. The number of carbonyl (C=O) groups is 2. The quantitative estimate of drug-likeness (QED) is 0.0234. The van der Waals surface area contributed by atoms with Crippen LogP contribution in [-0.4, -0.2) is 71.9 Å². The number of ether oxygens (including phenoxy) is 5. The Kier molecular flexibility index (Phi) is 21.0. The van der Waals surface area contributed by atoms with Crippen LogP contribution in [0.25, 0.3) is 34.4 Å². The maximum absolute atomic E-state index is 14.3. The third-order valence-electron chi connectivity index (χ3n) is 12.0. The number of pyridine rings is 2. The van der Waals surface area contributed by atoms with Crippen LogP contribution in [0.4, 0.5) is 8.78 Å². The maximum Gasteiger partial charge on any atom is 0.472 e. The molecule has 4 aromatic carbocycles. The molecular weight excluding hydrogens is 1100 g/mol. The van der Waals surface area contributed by atoms with Gasteiger partial charge in [-0.1, -0.05) is 24.3 Å². The first-order chi connectivity index (χ1) is 35.5. The van der Waals surface area contributed by atoms with E-state index >= 15 is 0 Å². The van der Waals surface area contributed by atoms with Gasteiger partial charge in [0.2, 0.25) is 30.1 Å². The minimum Gasteiger partial charge on any atom is -0.502 e. The van der Waals surface area contributed by atoms with E-state index in [9.17, 15) is 28.0 Å². The van der Waals surface area contributed by atoms with Gasteiger partial charge in [0, 0.05) is 58.3 Å². The fourth-order valence-electron chi connectivity index (χ4n) is 8.43. The maximum atomic E-state index is 14.3. The van der Waals surface area contributed by atoms with Crippen LogP contribution in [0.15, 0.2) is 121 Å². The van der Waals surface area contributed by atoms with E-state index in [-0.39, 0.29) is 92.8 Å². The molecule has 20 heteroatoms. The molecule has 0 saturated carbocycles. The van der Waals surface area contributed by atoms with Gasteiger partial charge >= 0.3 is 7.82 Å². The summed E-state index contributed by atoms with van der Waals surface area (Å²) in [6, 6.07) is 23.1. The van der Waals surface area contributed by atoms with Gasteiger partial charge in [0.15, 0.2) is 23.0 Å². The van der Waals surface area contributed by atoms with E-state index in [0.717, 1.165) is 55.7 Å². The number of allylic oxidation sites excluding steroid dienone is 4. The Bertz CT molecular complexity index is 3210. The largest absolute Gasteiger partial charge is 0.502 e. The molecular formula is C56H56F2N4O12PPd-. The van der Waals surface area contributed by atoms with Crippen molar-refractivity contribution in [3.63, 3.8) is 0 Å². The van der Waals surface area contributed by atoms with Crippen LogP contribution in [0, 0.1) is 19.1 Å². The second-order valence-electron chi connectivity index (χ2n) is 16.7. The van der Waals surface area contributed by atoms with Gasteiger partial charge in [-0.05, 0) is 165 Å². The number of hydrogen-bond acceptors (Lipinski definition) is 12. The van der Waals surface area contributed by atoms with Crippen LogP contribution in [0.2, 0.25) is 0 Å². The molecule has 0 fully saturated rings. The van der Waals surface area contributed by atoms with Gasteiger partial charge in [0.05, 0.1) is 41.3 Å². The molecule has 0 aliphatic heterocycles. The summed E-state index contributed by atoms with van der Waals surface area (Å²) in [6.07, 6.45) is 10.6. The first-order valence-electron chi connectivity index (χ1n) is 22.8. The van der Waals surface area contributed by atoms with Crippen molar-refractivity contribution in [2.24, 2.45) is 0 Å². The average molecular weight is 1150 g/mol. The van der Waals surface area contributed by atoms with Gasteiger partial charge in [0.25, 0.3) is 0 Å². The standard InChI is InChI=1S/C28H28FN2O8P.C27H25FN2O4.CH3.Pd/c1-17-22(9-19-10-25(36-2)28(26(11-19)37-3)38-16-39-40(33,34)35)21-7-6-20(29)12-24(21)23(17)13-27(32)31-15-18-5-4-8-30-14-18;1-16-21(9-18-10-24(33-2)27(32)25(11-18)34-3)20-7-6-19(28)12-23(20)22(16)13-26(31)30-15-17-5-4-8-29-14-17;;/h4-12,14H,13,15-16H2,1-3H3,(H,31,32)(H2,33,34,35);4-12,14,32H,13,15H2,1-3H3,(H,30,31);1H3;/q;;-1;/b22-9-;21-9-;;. The predicted molar refractivity (Wildman–Crippen MR) is 281 cm³/mol. The Morgan fingerprint density at radius 2 is 1.04 bits per heavy atom. The molecule has 0 atom stereocenters. The van der Waals surface area contributed by atoms with Gasteiger partial charge in [0.1, 0.15) is 11.6 Å². The van der Waals surface area contributed by atoms with E-state index in [4.69, 9.17) is 33.5 Å². The molecule has 0 saturated heterocycles. The zero-order valence-electron chi connectivity index (χ0n) is 42.5. The molecule has 402 valence electrons. The molecule has 2 heterocycles. The summed E-state index contributed by atoms with van der Waals surface area (Å²) < 4.78 is 70.5. The second-order valence-corrected chi connectivity index (χ2v) is 18.0. The molecule has 2 amide bonds. The van der Waals surface area contributed by atoms with Crippen molar-refractivity contribution in [1.82, 2.24) is 20.6 Å². The molecule has 0 bridgehead atoms. The van der Waals surface area contributed by atoms with Crippen molar-refractivity contribution < 1.29 is 86.5 Å². The minimum absolute atomic E-state index is 0. The number of nitrogens with zero attached hydrogens (tertiary/aromatic N) is 2. The van der Waals surface area contributed by atoms with Crippen LogP contribution in [-0.2, 0) is 52.2 Å². The van der Waals surface area contributed by atoms with Crippen molar-refractivity contribution in [1.29, 1.82) is 0 Å². The summed E-state index contributed by atoms with van der Waals surface area (Å²) >= 11 is 0. The first-order valence-corrected chi connectivity index (χ1v) is 24.3. The molecule has 0 unspecified atom stereocenters. The summed E-state index contributed by atoms with van der Waals surface area (Å²) in [5.41, 5.74) is 10.9. The Hall–Kier alpha value is -7.49. The van der Waals surface area contributed by atoms with Crippen molar-refractivity contribution in [3.05, 3.63) is 184 Å². The van der Waals surface area contributed by atoms with Gasteiger partial charge in [-0.3, -0.25) is 19.6 Å². The predicted octanol–water partition coefficient (Wildman–Crippen LogP) is 10.1. The van der Waals surface area contributed by atoms with Crippen LogP contribution in [0.5, 0.6) is 34.5 Å². The molecule has 6 aromatic rings. The average Bonchev–Trinajstić information content (AvgIpc) is 3.78. The minimum atomic E-state index is -4.74. The van der Waals surface area contributed by atoms with Gasteiger partial charge < -0.3 is 56.6 Å². The number of aromatic hydroxyl groups is 1. The third kappa shape index (κ3) is 14.7. The number of amides is 2. The van der Waals surface area contributed by atoms with Gasteiger partial charge in [-0.15, -0.1) is 0 Å². The molecule has 5 N–H and O–H groups in total. The van der Waals surface area contributed by atoms with Crippen LogP contribution in [0.3, 0.4) is 0 Å². The molecule has 0 spiro atoms. The molecule has 76 heavy (non-hydrogen) atoms. The number of aromatic nitrogens is 2. The number of carbonyl (C=O) groups excluding carboxylic acids is 2. The fraction of sp³-hybridized carbons (Fsp3) is 0.196. The second kappa shape index (κ2) is 26.8. The molecule has 2 aromatic heterocycles. The van der Waals surface area contributed by atoms with E-state index in [0.29, 0.717) is 35.4 Å². The molecule has 2 aliphatic carbocycles. The number of halogens is 2. The zero-order chi connectivity index (χ0) is 53.1. The van der Waals surface area contributed by atoms with Crippen molar-refractivity contribution in [3.8, 4) is 34.5 Å². The summed E-state index contributed by atoms with van der Waals surface area (Å²) in [5, 5.41) is 16.0. The van der Waals surface area contributed by atoms with Crippen LogP contribution < -0.4 is 34.3 Å². The monoisotopic (exact) mass is 1150 g/mol. The molecule has 16 nitrogen and oxygen atoms in total. The zero-order valence-corrected chi connectivity index (χ0v) is 45.0. The van der Waals surface area contributed by atoms with E-state index in [1.807, 2.05) is 44.2 Å². The van der Waals surface area contributed by atoms with E-state index in [2.05, 4.69) is 25.1 Å². The van der Waals surface area contributed by atoms with Crippen molar-refractivity contribution in [2.45, 2.75) is 39.8 Å². The Labute approximate surface area is 453 Å². The number of phosphoric ester groups is 1. The SMILES string of the molecule is COc1cc(/C=C2/C(C)=C(CC(=O)NCc3cccnc3)c3cc(F)ccc32)cc(OC)c1O.COc1cc(/C=C2/C(C)=C(CC(=O)NCc3cccnc3)c3cc(F)ccc32)cc(OC)c1OCOP(=O)(O)O.[CH3-].[Pd]. The number of phosphoric acid groups is 1. The number of phenols is 1. The molecule has 8 rings (SSSR count). The third-order valence-corrected chi connectivity index (χ3v) is 12.5. The Morgan fingerprint density at radius 1 is 0.632 bits per heavy atom. The van der Waals surface area contributed by atoms with Crippen molar-refractivity contribution >= 4 is 54.1 Å². The number of hydrogen-bond donors (Lipinski definition) is 5. The normalized spacial score (nSPS) is 13.4. The van der Waals surface area contributed by atoms with Crippen LogP contribution >= 0.6 is 7.82 Å². The number of phenolic OH excluding ortho intramolecular Hbond substituents is 1. The molecule has 2 aliphatic rings. The fourth-order valence-corrected chi connectivity index (χ4v) is 8.62. The number of nitrogens with one attached hydrogen (secondary N) is 2. The summed E-state index contributed by atoms with van der Waals surface area (Å²) in [4.78, 5) is 51.5. The summed E-state index contributed by atoms with van der Waals surface area (Å²) in [5.74, 6) is -0.131. The number of rotatable bonds is 18. The smallest absolute Gasteiger partial charge is 0.472 e. The topological polar surface area (TPSA) is 217 Å².